The van der Waals surface area contributed by atoms with E-state index in [9.17, 15) is 8.42 Å². The first-order valence-electron chi connectivity index (χ1n) is 7.59. The second kappa shape index (κ2) is 5.71. The summed E-state index contributed by atoms with van der Waals surface area (Å²) in [5.74, 6) is 0.249. The largest absolute Gasteiger partial charge is 0.372 e. The monoisotopic (exact) mass is 309 g/mol. The minimum atomic E-state index is -2.96. The number of benzene rings is 1. The molecule has 1 aliphatic heterocycles. The van der Waals surface area contributed by atoms with Crippen molar-refractivity contribution in [2.75, 3.05) is 6.26 Å². The Hall–Kier alpha value is -0.910. The topological polar surface area (TPSA) is 69.4 Å². The van der Waals surface area contributed by atoms with Gasteiger partial charge in [-0.3, -0.25) is 0 Å². The quantitative estimate of drug-likeness (QED) is 0.930. The van der Waals surface area contributed by atoms with Gasteiger partial charge in [0.2, 0.25) is 0 Å². The molecule has 3 atom stereocenters. The van der Waals surface area contributed by atoms with Crippen LogP contribution in [-0.4, -0.2) is 19.9 Å². The Morgan fingerprint density at radius 2 is 2.00 bits per heavy atom. The lowest BCUT2D eigenvalue weighted by atomic mass is 9.81. The van der Waals surface area contributed by atoms with Gasteiger partial charge in [0.15, 0.2) is 0 Å². The third kappa shape index (κ3) is 3.15. The Morgan fingerprint density at radius 1 is 1.24 bits per heavy atom. The molecule has 1 aliphatic carbocycles. The highest BCUT2D eigenvalue weighted by Gasteiger charge is 2.32. The zero-order valence-electron chi connectivity index (χ0n) is 12.4. The molecule has 1 heterocycles. The molecule has 1 saturated carbocycles. The van der Waals surface area contributed by atoms with Crippen LogP contribution in [0.2, 0.25) is 0 Å². The van der Waals surface area contributed by atoms with Crippen LogP contribution in [0.15, 0.2) is 18.2 Å². The van der Waals surface area contributed by atoms with E-state index in [1.165, 1.54) is 17.4 Å². The number of sulfone groups is 1. The fourth-order valence-corrected chi connectivity index (χ4v) is 4.76. The van der Waals surface area contributed by atoms with Crippen LogP contribution in [0, 0.1) is 5.92 Å². The van der Waals surface area contributed by atoms with Crippen LogP contribution in [0.3, 0.4) is 0 Å². The number of ether oxygens (including phenoxy) is 1. The fraction of sp³-hybridized carbons (Fsp3) is 0.625. The molecule has 1 aromatic carbocycles. The van der Waals surface area contributed by atoms with E-state index in [2.05, 4.69) is 18.2 Å². The summed E-state index contributed by atoms with van der Waals surface area (Å²) in [4.78, 5) is 0. The summed E-state index contributed by atoms with van der Waals surface area (Å²) in [5.41, 5.74) is 10.0. The molecule has 0 aromatic heterocycles. The van der Waals surface area contributed by atoms with Gasteiger partial charge in [-0.1, -0.05) is 24.6 Å². The smallest absolute Gasteiger partial charge is 0.150 e. The van der Waals surface area contributed by atoms with Crippen molar-refractivity contribution in [2.45, 2.75) is 50.2 Å². The zero-order chi connectivity index (χ0) is 15.0. The van der Waals surface area contributed by atoms with Gasteiger partial charge >= 0.3 is 0 Å². The van der Waals surface area contributed by atoms with E-state index >= 15 is 0 Å². The lowest BCUT2D eigenvalue weighted by Gasteiger charge is -2.32. The molecule has 116 valence electrons. The summed E-state index contributed by atoms with van der Waals surface area (Å²) >= 11 is 0. The van der Waals surface area contributed by atoms with Crippen LogP contribution < -0.4 is 5.73 Å². The molecule has 0 spiro atoms. The molecule has 3 rings (SSSR count). The molecule has 0 radical (unpaired) electrons. The summed E-state index contributed by atoms with van der Waals surface area (Å²) in [6, 6.07) is 6.22. The molecule has 2 N–H and O–H groups in total. The molecular formula is C16H23NO3S. The van der Waals surface area contributed by atoms with E-state index in [4.69, 9.17) is 10.5 Å². The van der Waals surface area contributed by atoms with Gasteiger partial charge < -0.3 is 10.5 Å². The maximum absolute atomic E-state index is 11.8. The van der Waals surface area contributed by atoms with Crippen molar-refractivity contribution in [3.05, 3.63) is 34.9 Å². The molecule has 3 unspecified atom stereocenters. The fourth-order valence-electron chi connectivity index (χ4n) is 3.57. The van der Waals surface area contributed by atoms with E-state index in [-0.39, 0.29) is 17.2 Å². The van der Waals surface area contributed by atoms with Gasteiger partial charge in [-0.15, -0.1) is 0 Å². The van der Waals surface area contributed by atoms with Crippen LogP contribution in [0.25, 0.3) is 0 Å². The number of fused-ring (bicyclic) bond motifs is 1. The minimum Gasteiger partial charge on any atom is -0.372 e. The van der Waals surface area contributed by atoms with E-state index in [1.54, 1.807) is 0 Å². The Morgan fingerprint density at radius 3 is 2.76 bits per heavy atom. The molecule has 0 saturated heterocycles. The zero-order valence-corrected chi connectivity index (χ0v) is 13.2. The van der Waals surface area contributed by atoms with Crippen LogP contribution in [-0.2, 0) is 27.8 Å². The summed E-state index contributed by atoms with van der Waals surface area (Å²) in [5, 5.41) is -0.222. The lowest BCUT2D eigenvalue weighted by molar-refractivity contribution is 0.134. The second-order valence-electron chi connectivity index (χ2n) is 6.42. The van der Waals surface area contributed by atoms with E-state index in [0.717, 1.165) is 24.8 Å². The molecule has 21 heavy (non-hydrogen) atoms. The maximum atomic E-state index is 11.8. The molecular weight excluding hydrogens is 286 g/mol. The van der Waals surface area contributed by atoms with Crippen LogP contribution in [0.4, 0.5) is 0 Å². The highest BCUT2D eigenvalue weighted by molar-refractivity contribution is 7.91. The maximum Gasteiger partial charge on any atom is 0.150 e. The van der Waals surface area contributed by atoms with Gasteiger partial charge in [0.25, 0.3) is 0 Å². The van der Waals surface area contributed by atoms with Crippen LogP contribution in [0.1, 0.15) is 48.4 Å². The molecule has 4 nitrogen and oxygen atoms in total. The normalized spacial score (nSPS) is 27.3. The molecule has 5 heteroatoms. The predicted octanol–water partition coefficient (Wildman–Crippen LogP) is 2.32. The first-order valence-corrected chi connectivity index (χ1v) is 9.54. The Balaban J connectivity index is 1.77. The molecule has 1 aromatic rings. The van der Waals surface area contributed by atoms with Crippen molar-refractivity contribution >= 4 is 9.84 Å². The van der Waals surface area contributed by atoms with Gasteiger partial charge in [-0.05, 0) is 41.9 Å². The third-order valence-corrected chi connectivity index (χ3v) is 6.55. The molecule has 0 bridgehead atoms. The van der Waals surface area contributed by atoms with E-state index in [1.807, 2.05) is 0 Å². The van der Waals surface area contributed by atoms with E-state index in [0.29, 0.717) is 19.6 Å². The number of hydrogen-bond donors (Lipinski definition) is 1. The van der Waals surface area contributed by atoms with Gasteiger partial charge in [0.05, 0.1) is 18.5 Å². The Kier molecular flexibility index (Phi) is 4.08. The van der Waals surface area contributed by atoms with Crippen molar-refractivity contribution in [1.29, 1.82) is 0 Å². The van der Waals surface area contributed by atoms with Gasteiger partial charge in [0, 0.05) is 12.3 Å². The number of rotatable bonds is 3. The third-order valence-electron chi connectivity index (χ3n) is 4.91. The van der Waals surface area contributed by atoms with Gasteiger partial charge in [-0.25, -0.2) is 8.42 Å². The van der Waals surface area contributed by atoms with Crippen LogP contribution >= 0.6 is 0 Å². The molecule has 0 amide bonds. The predicted molar refractivity (Wildman–Crippen MR) is 82.5 cm³/mol. The van der Waals surface area contributed by atoms with E-state index < -0.39 is 9.84 Å². The average Bonchev–Trinajstić information content (AvgIpc) is 2.93. The van der Waals surface area contributed by atoms with Crippen molar-refractivity contribution in [2.24, 2.45) is 11.7 Å². The van der Waals surface area contributed by atoms with Crippen LogP contribution in [0.5, 0.6) is 0 Å². The van der Waals surface area contributed by atoms with Crippen molar-refractivity contribution in [3.63, 3.8) is 0 Å². The summed E-state index contributed by atoms with van der Waals surface area (Å²) in [7, 11) is -2.96. The first-order chi connectivity index (χ1) is 9.95. The average molecular weight is 309 g/mol. The van der Waals surface area contributed by atoms with Gasteiger partial charge in [-0.2, -0.15) is 0 Å². The Bertz CT molecular complexity index is 626. The molecule has 1 fully saturated rings. The summed E-state index contributed by atoms with van der Waals surface area (Å²) in [6.07, 6.45) is 4.77. The first kappa shape index (κ1) is 15.0. The number of hydrogen-bond acceptors (Lipinski definition) is 4. The minimum absolute atomic E-state index is 0.0829. The summed E-state index contributed by atoms with van der Waals surface area (Å²) in [6.45, 7) is 1.34. The molecule has 2 aliphatic rings. The van der Waals surface area contributed by atoms with Crippen molar-refractivity contribution in [1.82, 2.24) is 0 Å². The Labute approximate surface area is 126 Å². The highest BCUT2D eigenvalue weighted by Crippen LogP contribution is 2.36. The van der Waals surface area contributed by atoms with Crippen molar-refractivity contribution in [3.8, 4) is 0 Å². The number of nitrogens with two attached hydrogens (primary N) is 1. The standard InChI is InChI=1S/C16H23NO3S/c1-21(18,19)15-4-2-3-11(8-15)16(17)12-5-6-13-9-20-10-14(13)7-12/h5-7,11,15-16H,2-4,8-10,17H2,1H3. The highest BCUT2D eigenvalue weighted by atomic mass is 32.2. The SMILES string of the molecule is CS(=O)(=O)C1CCCC(C(N)c2ccc3c(c2)COC3)C1. The lowest BCUT2D eigenvalue weighted by Crippen LogP contribution is -2.33. The van der Waals surface area contributed by atoms with Gasteiger partial charge in [0.1, 0.15) is 9.84 Å². The second-order valence-corrected chi connectivity index (χ2v) is 8.75. The van der Waals surface area contributed by atoms with Crippen molar-refractivity contribution < 1.29 is 13.2 Å². The summed E-state index contributed by atoms with van der Waals surface area (Å²) < 4.78 is 29.0.